The van der Waals surface area contributed by atoms with E-state index < -0.39 is 22.2 Å². The van der Waals surface area contributed by atoms with Gasteiger partial charge in [-0.2, -0.15) is 12.7 Å². The van der Waals surface area contributed by atoms with Crippen molar-refractivity contribution in [2.75, 3.05) is 33.4 Å². The van der Waals surface area contributed by atoms with E-state index in [2.05, 4.69) is 9.46 Å². The normalized spacial score (nSPS) is 22.4. The summed E-state index contributed by atoms with van der Waals surface area (Å²) in [5, 5.41) is 0. The van der Waals surface area contributed by atoms with Gasteiger partial charge in [0.15, 0.2) is 0 Å². The van der Waals surface area contributed by atoms with Crippen molar-refractivity contribution in [2.24, 2.45) is 0 Å². The molecule has 1 aliphatic rings. The molecule has 0 spiro atoms. The van der Waals surface area contributed by atoms with Crippen molar-refractivity contribution in [1.82, 2.24) is 9.03 Å². The predicted molar refractivity (Wildman–Crippen MR) is 60.5 cm³/mol. The van der Waals surface area contributed by atoms with Crippen LogP contribution in [0, 0.1) is 0 Å². The van der Waals surface area contributed by atoms with Crippen LogP contribution in [0.15, 0.2) is 0 Å². The smallest absolute Gasteiger partial charge is 0.326 e. The van der Waals surface area contributed by atoms with Crippen LogP contribution < -0.4 is 4.72 Å². The van der Waals surface area contributed by atoms with Gasteiger partial charge in [0.05, 0.1) is 20.3 Å². The third-order valence-corrected chi connectivity index (χ3v) is 4.02. The van der Waals surface area contributed by atoms with Crippen LogP contribution in [0.5, 0.6) is 0 Å². The molecule has 1 unspecified atom stereocenters. The second-order valence-electron chi connectivity index (χ2n) is 3.62. The lowest BCUT2D eigenvalue weighted by Gasteiger charge is -2.32. The Morgan fingerprint density at radius 3 is 2.88 bits per heavy atom. The average Bonchev–Trinajstić information content (AvgIpc) is 2.35. The van der Waals surface area contributed by atoms with Crippen molar-refractivity contribution in [3.8, 4) is 0 Å². The molecule has 0 radical (unpaired) electrons. The van der Waals surface area contributed by atoms with Gasteiger partial charge in [0.25, 0.3) is 10.2 Å². The van der Waals surface area contributed by atoms with Crippen LogP contribution >= 0.6 is 0 Å². The Morgan fingerprint density at radius 2 is 2.29 bits per heavy atom. The largest absolute Gasteiger partial charge is 0.468 e. The van der Waals surface area contributed by atoms with Gasteiger partial charge >= 0.3 is 5.97 Å². The Balaban J connectivity index is 2.80. The molecule has 0 amide bonds. The molecule has 1 saturated heterocycles. The predicted octanol–water partition coefficient (Wildman–Crippen LogP) is -0.895. The summed E-state index contributed by atoms with van der Waals surface area (Å²) < 4.78 is 37.0. The van der Waals surface area contributed by atoms with Crippen molar-refractivity contribution in [2.45, 2.75) is 19.4 Å². The molecule has 1 fully saturated rings. The van der Waals surface area contributed by atoms with Crippen molar-refractivity contribution in [3.05, 3.63) is 0 Å². The van der Waals surface area contributed by atoms with Crippen molar-refractivity contribution in [3.63, 3.8) is 0 Å². The first-order chi connectivity index (χ1) is 8.03. The molecule has 0 saturated carbocycles. The first-order valence-corrected chi connectivity index (χ1v) is 6.89. The number of ether oxygens (including phenoxy) is 2. The SMILES string of the molecule is CCCNS(=O)(=O)N1CCOCC1C(=O)OC. The second-order valence-corrected chi connectivity index (χ2v) is 5.33. The van der Waals surface area contributed by atoms with Crippen LogP contribution in [0.3, 0.4) is 0 Å². The number of carbonyl (C=O) groups is 1. The van der Waals surface area contributed by atoms with Gasteiger partial charge < -0.3 is 9.47 Å². The monoisotopic (exact) mass is 266 g/mol. The van der Waals surface area contributed by atoms with Gasteiger partial charge in [-0.15, -0.1) is 0 Å². The lowest BCUT2D eigenvalue weighted by Crippen LogP contribution is -2.56. The third-order valence-electron chi connectivity index (χ3n) is 2.40. The van der Waals surface area contributed by atoms with Gasteiger partial charge in [-0.1, -0.05) is 6.92 Å². The van der Waals surface area contributed by atoms with Gasteiger partial charge in [-0.05, 0) is 6.42 Å². The summed E-state index contributed by atoms with van der Waals surface area (Å²) in [7, 11) is -2.42. The summed E-state index contributed by atoms with van der Waals surface area (Å²) in [6.45, 7) is 2.66. The number of hydrogen-bond donors (Lipinski definition) is 1. The van der Waals surface area contributed by atoms with E-state index in [1.807, 2.05) is 6.92 Å². The van der Waals surface area contributed by atoms with E-state index in [9.17, 15) is 13.2 Å². The molecular formula is C9H18N2O5S. The van der Waals surface area contributed by atoms with Crippen molar-refractivity contribution in [1.29, 1.82) is 0 Å². The summed E-state index contributed by atoms with van der Waals surface area (Å²) in [4.78, 5) is 11.5. The maximum absolute atomic E-state index is 11.9. The van der Waals surface area contributed by atoms with E-state index in [1.165, 1.54) is 7.11 Å². The topological polar surface area (TPSA) is 84.9 Å². The summed E-state index contributed by atoms with van der Waals surface area (Å²) >= 11 is 0. The Labute approximate surface area is 101 Å². The Hall–Kier alpha value is -0.700. The molecule has 17 heavy (non-hydrogen) atoms. The summed E-state index contributed by atoms with van der Waals surface area (Å²) in [5.74, 6) is -0.605. The second kappa shape index (κ2) is 6.29. The molecule has 100 valence electrons. The third kappa shape index (κ3) is 3.63. The van der Waals surface area contributed by atoms with E-state index in [-0.39, 0.29) is 19.8 Å². The zero-order valence-corrected chi connectivity index (χ0v) is 10.8. The Kier molecular flexibility index (Phi) is 5.31. The molecule has 0 aromatic carbocycles. The summed E-state index contributed by atoms with van der Waals surface area (Å²) in [6, 6.07) is -0.900. The van der Waals surface area contributed by atoms with Gasteiger partial charge in [0.1, 0.15) is 6.04 Å². The number of methoxy groups -OCH3 is 1. The molecule has 1 aliphatic heterocycles. The fraction of sp³-hybridized carbons (Fsp3) is 0.889. The molecule has 1 atom stereocenters. The summed E-state index contributed by atoms with van der Waals surface area (Å²) in [6.07, 6.45) is 0.687. The molecule has 1 rings (SSSR count). The number of morpholine rings is 1. The van der Waals surface area contributed by atoms with E-state index in [4.69, 9.17) is 4.74 Å². The van der Waals surface area contributed by atoms with Crippen LogP contribution in [0.4, 0.5) is 0 Å². The Morgan fingerprint density at radius 1 is 1.59 bits per heavy atom. The fourth-order valence-corrected chi connectivity index (χ4v) is 2.94. The van der Waals surface area contributed by atoms with E-state index in [1.54, 1.807) is 0 Å². The van der Waals surface area contributed by atoms with Gasteiger partial charge in [-0.25, -0.2) is 4.72 Å². The number of rotatable bonds is 5. The number of nitrogens with one attached hydrogen (secondary N) is 1. The quantitative estimate of drug-likeness (QED) is 0.652. The first kappa shape index (κ1) is 14.4. The first-order valence-electron chi connectivity index (χ1n) is 5.45. The van der Waals surface area contributed by atoms with Gasteiger partial charge in [0, 0.05) is 13.1 Å². The van der Waals surface area contributed by atoms with Gasteiger partial charge in [0.2, 0.25) is 0 Å². The van der Waals surface area contributed by atoms with E-state index in [0.717, 1.165) is 4.31 Å². The highest BCUT2D eigenvalue weighted by Gasteiger charge is 2.37. The highest BCUT2D eigenvalue weighted by molar-refractivity contribution is 7.87. The molecule has 7 nitrogen and oxygen atoms in total. The molecular weight excluding hydrogens is 248 g/mol. The lowest BCUT2D eigenvalue weighted by molar-refractivity contribution is -0.149. The molecule has 0 aliphatic carbocycles. The zero-order chi connectivity index (χ0) is 12.9. The molecule has 0 aromatic rings. The standard InChI is InChI=1S/C9H18N2O5S/c1-3-4-10-17(13,14)11-5-6-16-7-8(11)9(12)15-2/h8,10H,3-7H2,1-2H3. The van der Waals surface area contributed by atoms with Crippen LogP contribution in [0.1, 0.15) is 13.3 Å². The van der Waals surface area contributed by atoms with Gasteiger partial charge in [-0.3, -0.25) is 4.79 Å². The number of hydrogen-bond acceptors (Lipinski definition) is 5. The van der Waals surface area contributed by atoms with E-state index >= 15 is 0 Å². The molecule has 1 heterocycles. The minimum Gasteiger partial charge on any atom is -0.468 e. The zero-order valence-electron chi connectivity index (χ0n) is 10.0. The van der Waals surface area contributed by atoms with Crippen molar-refractivity contribution < 1.29 is 22.7 Å². The fourth-order valence-electron chi connectivity index (χ4n) is 1.51. The number of nitrogens with zero attached hydrogens (tertiary/aromatic N) is 1. The molecule has 8 heteroatoms. The maximum atomic E-state index is 11.9. The maximum Gasteiger partial charge on any atom is 0.326 e. The summed E-state index contributed by atoms with van der Waals surface area (Å²) in [5.41, 5.74) is 0. The molecule has 0 aromatic heterocycles. The van der Waals surface area contributed by atoms with Crippen LogP contribution in [-0.4, -0.2) is 58.1 Å². The average molecular weight is 266 g/mol. The van der Waals surface area contributed by atoms with Crippen molar-refractivity contribution >= 4 is 16.2 Å². The lowest BCUT2D eigenvalue weighted by atomic mass is 10.3. The highest BCUT2D eigenvalue weighted by atomic mass is 32.2. The molecule has 0 bridgehead atoms. The Bertz CT molecular complexity index is 356. The minimum atomic E-state index is -3.65. The minimum absolute atomic E-state index is 0.0275. The van der Waals surface area contributed by atoms with E-state index in [0.29, 0.717) is 13.0 Å². The highest BCUT2D eigenvalue weighted by Crippen LogP contribution is 2.12. The van der Waals surface area contributed by atoms with Crippen LogP contribution in [-0.2, 0) is 24.5 Å². The molecule has 1 N–H and O–H groups in total. The van der Waals surface area contributed by atoms with Crippen LogP contribution in [0.25, 0.3) is 0 Å². The van der Waals surface area contributed by atoms with Crippen LogP contribution in [0.2, 0.25) is 0 Å². The number of esters is 1. The number of carbonyl (C=O) groups excluding carboxylic acids is 1.